The molecular formula is C23H24N4O2. The summed E-state index contributed by atoms with van der Waals surface area (Å²) in [7, 11) is 0. The second kappa shape index (κ2) is 7.28. The van der Waals surface area contributed by atoms with Gasteiger partial charge >= 0.3 is 0 Å². The maximum absolute atomic E-state index is 12.1. The molecule has 2 aromatic carbocycles. The molecule has 6 heteroatoms. The van der Waals surface area contributed by atoms with Gasteiger partial charge in [0.2, 0.25) is 11.8 Å². The van der Waals surface area contributed by atoms with Crippen molar-refractivity contribution in [2.45, 2.75) is 32.2 Å². The maximum atomic E-state index is 12.1. The molecule has 0 spiro atoms. The average Bonchev–Trinajstić information content (AvgIpc) is 3.35. The zero-order chi connectivity index (χ0) is 19.8. The van der Waals surface area contributed by atoms with E-state index >= 15 is 0 Å². The Morgan fingerprint density at radius 2 is 1.97 bits per heavy atom. The van der Waals surface area contributed by atoms with Crippen molar-refractivity contribution < 1.29 is 9.21 Å². The van der Waals surface area contributed by atoms with Gasteiger partial charge in [-0.05, 0) is 50.5 Å². The van der Waals surface area contributed by atoms with Gasteiger partial charge in [-0.25, -0.2) is 4.98 Å². The van der Waals surface area contributed by atoms with Crippen LogP contribution in [0.15, 0.2) is 59.1 Å². The van der Waals surface area contributed by atoms with Crippen molar-refractivity contribution in [3.8, 4) is 22.7 Å². The fourth-order valence-corrected chi connectivity index (χ4v) is 4.26. The normalized spacial score (nSPS) is 19.1. The average molecular weight is 388 g/mol. The van der Waals surface area contributed by atoms with Crippen LogP contribution in [0.3, 0.4) is 0 Å². The van der Waals surface area contributed by atoms with Gasteiger partial charge in [-0.3, -0.25) is 9.48 Å². The minimum absolute atomic E-state index is 0.116. The zero-order valence-corrected chi connectivity index (χ0v) is 16.4. The molecule has 0 radical (unpaired) electrons. The van der Waals surface area contributed by atoms with Gasteiger partial charge in [-0.2, -0.15) is 0 Å². The van der Waals surface area contributed by atoms with E-state index in [-0.39, 0.29) is 11.8 Å². The molecule has 0 saturated heterocycles. The third-order valence-corrected chi connectivity index (χ3v) is 5.81. The summed E-state index contributed by atoms with van der Waals surface area (Å²) in [5.41, 5.74) is 4.93. The number of hydrogen-bond acceptors (Lipinski definition) is 3. The Hall–Kier alpha value is -3.28. The number of rotatable bonds is 5. The molecule has 1 aliphatic rings. The molecule has 1 fully saturated rings. The lowest BCUT2D eigenvalue weighted by molar-refractivity contribution is -0.124. The van der Waals surface area contributed by atoms with E-state index < -0.39 is 0 Å². The quantitative estimate of drug-likeness (QED) is 0.517. The van der Waals surface area contributed by atoms with Crippen molar-refractivity contribution in [1.82, 2.24) is 20.1 Å². The van der Waals surface area contributed by atoms with E-state index in [9.17, 15) is 4.79 Å². The molecule has 1 amide bonds. The third kappa shape index (κ3) is 3.24. The first kappa shape index (κ1) is 17.8. The van der Waals surface area contributed by atoms with Gasteiger partial charge in [0.15, 0.2) is 5.58 Å². The van der Waals surface area contributed by atoms with Crippen LogP contribution in [-0.2, 0) is 4.79 Å². The van der Waals surface area contributed by atoms with E-state index in [4.69, 9.17) is 4.42 Å². The number of amides is 1. The second-order valence-corrected chi connectivity index (χ2v) is 7.65. The zero-order valence-electron chi connectivity index (χ0n) is 16.4. The topological polar surface area (TPSA) is 75.8 Å². The fourth-order valence-electron chi connectivity index (χ4n) is 4.26. The molecule has 2 N–H and O–H groups in total. The van der Waals surface area contributed by atoms with Crippen LogP contribution in [0.1, 0.15) is 32.2 Å². The SMILES string of the molecule is CCNC(=O)[C@H]1CCC(n2[nH]cc2-c2ccc(-c3nc4ccccc4o3)cc2)C1. The third-order valence-electron chi connectivity index (χ3n) is 5.81. The van der Waals surface area contributed by atoms with Crippen LogP contribution in [0, 0.1) is 5.92 Å². The van der Waals surface area contributed by atoms with Gasteiger partial charge < -0.3 is 14.8 Å². The van der Waals surface area contributed by atoms with E-state index in [1.807, 2.05) is 49.5 Å². The highest BCUT2D eigenvalue weighted by Crippen LogP contribution is 2.38. The first-order chi connectivity index (χ1) is 14.2. The summed E-state index contributed by atoms with van der Waals surface area (Å²) >= 11 is 0. The molecule has 1 saturated carbocycles. The van der Waals surface area contributed by atoms with Crippen molar-refractivity contribution in [2.24, 2.45) is 5.92 Å². The van der Waals surface area contributed by atoms with E-state index in [2.05, 4.69) is 32.2 Å². The highest BCUT2D eigenvalue weighted by molar-refractivity contribution is 5.79. The second-order valence-electron chi connectivity index (χ2n) is 7.65. The molecule has 0 bridgehead atoms. The predicted octanol–water partition coefficient (Wildman–Crippen LogP) is 4.77. The predicted molar refractivity (Wildman–Crippen MR) is 112 cm³/mol. The Labute approximate surface area is 168 Å². The monoisotopic (exact) mass is 388 g/mol. The maximum Gasteiger partial charge on any atom is 0.227 e. The Bertz CT molecular complexity index is 1100. The smallest absolute Gasteiger partial charge is 0.227 e. The van der Waals surface area contributed by atoms with E-state index in [1.165, 1.54) is 0 Å². The van der Waals surface area contributed by atoms with Crippen molar-refractivity contribution in [3.63, 3.8) is 0 Å². The Morgan fingerprint density at radius 3 is 2.69 bits per heavy atom. The lowest BCUT2D eigenvalue weighted by Crippen LogP contribution is -2.29. The molecule has 1 unspecified atom stereocenters. The van der Waals surface area contributed by atoms with Crippen LogP contribution >= 0.6 is 0 Å². The van der Waals surface area contributed by atoms with E-state index in [0.29, 0.717) is 18.5 Å². The van der Waals surface area contributed by atoms with Crippen molar-refractivity contribution in [2.75, 3.05) is 6.54 Å². The largest absolute Gasteiger partial charge is 0.436 e. The van der Waals surface area contributed by atoms with Gasteiger partial charge in [0.05, 0.1) is 11.7 Å². The molecule has 6 nitrogen and oxygen atoms in total. The van der Waals surface area contributed by atoms with Crippen LogP contribution in [-0.4, -0.2) is 27.2 Å². The van der Waals surface area contributed by atoms with E-state index in [1.54, 1.807) is 0 Å². The van der Waals surface area contributed by atoms with Crippen molar-refractivity contribution in [1.29, 1.82) is 0 Å². The molecule has 2 atom stereocenters. The number of fused-ring (bicyclic) bond motifs is 1. The highest BCUT2D eigenvalue weighted by atomic mass is 16.3. The van der Waals surface area contributed by atoms with Gasteiger partial charge in [0.1, 0.15) is 5.52 Å². The molecule has 1 aliphatic carbocycles. The molecule has 29 heavy (non-hydrogen) atoms. The lowest BCUT2D eigenvalue weighted by Gasteiger charge is -2.24. The number of nitrogens with zero attached hydrogens (tertiary/aromatic N) is 2. The number of para-hydroxylation sites is 2. The Balaban J connectivity index is 1.33. The number of carbonyl (C=O) groups excluding carboxylic acids is 1. The number of hydrogen-bond donors (Lipinski definition) is 2. The lowest BCUT2D eigenvalue weighted by atomic mass is 10.1. The summed E-state index contributed by atoms with van der Waals surface area (Å²) in [5, 5.41) is 6.25. The van der Waals surface area contributed by atoms with Crippen molar-refractivity contribution >= 4 is 17.0 Å². The van der Waals surface area contributed by atoms with Crippen LogP contribution in [0.25, 0.3) is 33.8 Å². The van der Waals surface area contributed by atoms with Gasteiger partial charge in [0.25, 0.3) is 0 Å². The van der Waals surface area contributed by atoms with E-state index in [0.717, 1.165) is 47.2 Å². The first-order valence-corrected chi connectivity index (χ1v) is 10.2. The number of carbonyl (C=O) groups is 1. The summed E-state index contributed by atoms with van der Waals surface area (Å²) in [4.78, 5) is 16.7. The van der Waals surface area contributed by atoms with Crippen molar-refractivity contribution in [3.05, 3.63) is 54.7 Å². The summed E-state index contributed by atoms with van der Waals surface area (Å²) in [5.74, 6) is 0.935. The number of aromatic nitrogens is 3. The fraction of sp³-hybridized carbons (Fsp3) is 0.304. The standard InChI is InChI=1S/C23H24N4O2/c1-2-24-22(28)17-11-12-18(13-17)27-20(14-25-27)15-7-9-16(10-8-15)23-26-19-5-3-4-6-21(19)29-23/h3-10,14,17-18,25H,2,11-13H2,1H3,(H,24,28)/t17-,18?/m0/s1. The van der Waals surface area contributed by atoms with Gasteiger partial charge in [0, 0.05) is 29.8 Å². The van der Waals surface area contributed by atoms with Crippen LogP contribution in [0.2, 0.25) is 0 Å². The summed E-state index contributed by atoms with van der Waals surface area (Å²) in [6.07, 6.45) is 4.87. The number of benzene rings is 2. The van der Waals surface area contributed by atoms with Crippen LogP contribution in [0.4, 0.5) is 0 Å². The molecule has 5 rings (SSSR count). The minimum Gasteiger partial charge on any atom is -0.436 e. The first-order valence-electron chi connectivity index (χ1n) is 10.2. The summed E-state index contributed by atoms with van der Waals surface area (Å²) in [6.45, 7) is 2.66. The van der Waals surface area contributed by atoms with Gasteiger partial charge in [-0.15, -0.1) is 0 Å². The molecule has 2 heterocycles. The Kier molecular flexibility index (Phi) is 4.46. The minimum atomic E-state index is 0.116. The molecule has 2 aromatic heterocycles. The number of H-pyrrole nitrogens is 1. The van der Waals surface area contributed by atoms with Crippen LogP contribution < -0.4 is 5.32 Å². The molecule has 148 valence electrons. The summed E-state index contributed by atoms with van der Waals surface area (Å²) < 4.78 is 8.07. The molecular weight excluding hydrogens is 364 g/mol. The summed E-state index contributed by atoms with van der Waals surface area (Å²) in [6, 6.07) is 16.4. The van der Waals surface area contributed by atoms with Crippen LogP contribution in [0.5, 0.6) is 0 Å². The highest BCUT2D eigenvalue weighted by Gasteiger charge is 2.32. The number of nitrogens with one attached hydrogen (secondary N) is 2. The number of aromatic amines is 1. The van der Waals surface area contributed by atoms with Gasteiger partial charge in [-0.1, -0.05) is 24.3 Å². The number of oxazole rings is 1. The molecule has 0 aliphatic heterocycles. The molecule has 4 aromatic rings. The Morgan fingerprint density at radius 1 is 1.17 bits per heavy atom.